The number of rotatable bonds is 4. The van der Waals surface area contributed by atoms with Crippen molar-refractivity contribution in [3.05, 3.63) is 40.9 Å². The molecule has 0 amide bonds. The Labute approximate surface area is 135 Å². The minimum Gasteiger partial charge on any atom is -0.505 e. The highest BCUT2D eigenvalue weighted by Gasteiger charge is 2.14. The van der Waals surface area contributed by atoms with Gasteiger partial charge in [0, 0.05) is 11.1 Å². The number of carboxylic acid groups (broad SMARTS) is 1. The van der Waals surface area contributed by atoms with Crippen molar-refractivity contribution in [2.45, 2.75) is 6.92 Å². The minimum absolute atomic E-state index is 0.0147. The standard InChI is InChI=1S/C15H12ClN3O4/c1-8-4-10(23-7-14(20)21)6-13(15(8)22)19-17-11-3-2-9(16)5-12(11)18-19/h2-6,22H,7H2,1H3,(H,20,21). The van der Waals surface area contributed by atoms with Crippen molar-refractivity contribution in [2.75, 3.05) is 6.61 Å². The normalized spacial score (nSPS) is 10.9. The molecule has 0 spiro atoms. The van der Waals surface area contributed by atoms with Gasteiger partial charge in [0.05, 0.1) is 0 Å². The highest BCUT2D eigenvalue weighted by Crippen LogP contribution is 2.31. The smallest absolute Gasteiger partial charge is 0.341 e. The van der Waals surface area contributed by atoms with E-state index in [1.807, 2.05) is 0 Å². The number of carboxylic acids is 1. The molecule has 0 aliphatic heterocycles. The van der Waals surface area contributed by atoms with Gasteiger partial charge in [-0.25, -0.2) is 4.79 Å². The third kappa shape index (κ3) is 3.04. The second-order valence-electron chi connectivity index (χ2n) is 4.91. The number of hydrogen-bond acceptors (Lipinski definition) is 5. The lowest BCUT2D eigenvalue weighted by atomic mass is 10.2. The summed E-state index contributed by atoms with van der Waals surface area (Å²) >= 11 is 5.92. The monoisotopic (exact) mass is 333 g/mol. The molecule has 118 valence electrons. The summed E-state index contributed by atoms with van der Waals surface area (Å²) in [4.78, 5) is 11.9. The first kappa shape index (κ1) is 15.1. The van der Waals surface area contributed by atoms with Crippen LogP contribution in [0.4, 0.5) is 0 Å². The molecule has 0 aliphatic carbocycles. The summed E-state index contributed by atoms with van der Waals surface area (Å²) in [6, 6.07) is 8.10. The summed E-state index contributed by atoms with van der Waals surface area (Å²) in [5.41, 5.74) is 2.00. The van der Waals surface area contributed by atoms with Gasteiger partial charge in [0.2, 0.25) is 0 Å². The molecule has 0 radical (unpaired) electrons. The Morgan fingerprint density at radius 1 is 1.26 bits per heavy atom. The number of fused-ring (bicyclic) bond motifs is 1. The fraction of sp³-hybridized carbons (Fsp3) is 0.133. The van der Waals surface area contributed by atoms with Crippen molar-refractivity contribution < 1.29 is 19.7 Å². The molecule has 2 aromatic carbocycles. The van der Waals surface area contributed by atoms with E-state index in [1.165, 1.54) is 10.9 Å². The molecule has 23 heavy (non-hydrogen) atoms. The van der Waals surface area contributed by atoms with Gasteiger partial charge in [0.25, 0.3) is 0 Å². The summed E-state index contributed by atoms with van der Waals surface area (Å²) in [7, 11) is 0. The molecule has 0 atom stereocenters. The lowest BCUT2D eigenvalue weighted by molar-refractivity contribution is -0.139. The summed E-state index contributed by atoms with van der Waals surface area (Å²) in [6.45, 7) is 1.19. The number of aromatic nitrogens is 3. The Kier molecular flexibility index (Phi) is 3.79. The van der Waals surface area contributed by atoms with Crippen LogP contribution in [0, 0.1) is 6.92 Å². The van der Waals surface area contributed by atoms with Gasteiger partial charge < -0.3 is 14.9 Å². The molecular weight excluding hydrogens is 322 g/mol. The topological polar surface area (TPSA) is 97.5 Å². The summed E-state index contributed by atoms with van der Waals surface area (Å²) in [5.74, 6) is -0.800. The lowest BCUT2D eigenvalue weighted by Gasteiger charge is -2.10. The molecule has 1 aromatic heterocycles. The molecule has 0 fully saturated rings. The average Bonchev–Trinajstić information content (AvgIpc) is 2.90. The second kappa shape index (κ2) is 5.77. The van der Waals surface area contributed by atoms with Crippen LogP contribution >= 0.6 is 11.6 Å². The Balaban J connectivity index is 2.07. The highest BCUT2D eigenvalue weighted by atomic mass is 35.5. The minimum atomic E-state index is -1.09. The summed E-state index contributed by atoms with van der Waals surface area (Å²) < 4.78 is 5.16. The van der Waals surface area contributed by atoms with Gasteiger partial charge in [-0.05, 0) is 36.8 Å². The molecule has 8 heteroatoms. The number of benzene rings is 2. The number of ether oxygens (including phenoxy) is 1. The zero-order chi connectivity index (χ0) is 16.6. The van der Waals surface area contributed by atoms with Crippen LogP contribution in [0.5, 0.6) is 11.5 Å². The number of aryl methyl sites for hydroxylation is 1. The van der Waals surface area contributed by atoms with Crippen molar-refractivity contribution in [1.82, 2.24) is 15.0 Å². The van der Waals surface area contributed by atoms with Crippen molar-refractivity contribution in [3.8, 4) is 17.2 Å². The fourth-order valence-corrected chi connectivity index (χ4v) is 2.27. The van der Waals surface area contributed by atoms with Crippen LogP contribution in [0.25, 0.3) is 16.7 Å². The van der Waals surface area contributed by atoms with Crippen LogP contribution in [0.3, 0.4) is 0 Å². The van der Waals surface area contributed by atoms with Gasteiger partial charge in [-0.3, -0.25) is 0 Å². The van der Waals surface area contributed by atoms with Crippen LogP contribution < -0.4 is 4.74 Å². The quantitative estimate of drug-likeness (QED) is 0.761. The molecule has 0 aliphatic rings. The van der Waals surface area contributed by atoms with Crippen LogP contribution in [0.2, 0.25) is 5.02 Å². The van der Waals surface area contributed by atoms with E-state index < -0.39 is 12.6 Å². The molecule has 1 heterocycles. The van der Waals surface area contributed by atoms with E-state index in [0.717, 1.165) is 0 Å². The molecule has 7 nitrogen and oxygen atoms in total. The maximum Gasteiger partial charge on any atom is 0.341 e. The first-order chi connectivity index (χ1) is 10.9. The van der Waals surface area contributed by atoms with Crippen molar-refractivity contribution >= 4 is 28.6 Å². The number of aliphatic carboxylic acids is 1. The van der Waals surface area contributed by atoms with E-state index in [4.69, 9.17) is 21.4 Å². The van der Waals surface area contributed by atoms with Gasteiger partial charge in [0.15, 0.2) is 6.61 Å². The van der Waals surface area contributed by atoms with Crippen molar-refractivity contribution in [1.29, 1.82) is 0 Å². The molecule has 2 N–H and O–H groups in total. The van der Waals surface area contributed by atoms with Gasteiger partial charge in [-0.15, -0.1) is 15.0 Å². The molecule has 0 saturated heterocycles. The number of carbonyl (C=O) groups is 1. The largest absolute Gasteiger partial charge is 0.505 e. The first-order valence-corrected chi connectivity index (χ1v) is 7.03. The zero-order valence-corrected chi connectivity index (χ0v) is 12.8. The Bertz CT molecular complexity index is 907. The van der Waals surface area contributed by atoms with E-state index in [2.05, 4.69) is 10.2 Å². The van der Waals surface area contributed by atoms with E-state index in [-0.39, 0.29) is 11.4 Å². The highest BCUT2D eigenvalue weighted by molar-refractivity contribution is 6.31. The van der Waals surface area contributed by atoms with Crippen LogP contribution in [0.1, 0.15) is 5.56 Å². The molecule has 0 saturated carbocycles. The maximum atomic E-state index is 10.6. The first-order valence-electron chi connectivity index (χ1n) is 6.65. The van der Waals surface area contributed by atoms with E-state index in [1.54, 1.807) is 31.2 Å². The number of phenols is 1. The molecule has 3 rings (SSSR count). The fourth-order valence-electron chi connectivity index (χ4n) is 2.10. The summed E-state index contributed by atoms with van der Waals surface area (Å²) in [5, 5.41) is 28.0. The molecular formula is C15H12ClN3O4. The predicted octanol–water partition coefficient (Wildman–Crippen LogP) is 2.55. The number of nitrogens with zero attached hydrogens (tertiary/aromatic N) is 3. The third-order valence-corrected chi connectivity index (χ3v) is 3.41. The number of halogens is 1. The summed E-state index contributed by atoms with van der Waals surface area (Å²) in [6.07, 6.45) is 0. The Hall–Kier alpha value is -2.80. The second-order valence-corrected chi connectivity index (χ2v) is 5.35. The third-order valence-electron chi connectivity index (χ3n) is 3.17. The zero-order valence-electron chi connectivity index (χ0n) is 12.0. The Morgan fingerprint density at radius 3 is 2.74 bits per heavy atom. The van der Waals surface area contributed by atoms with E-state index >= 15 is 0 Å². The Morgan fingerprint density at radius 2 is 2.00 bits per heavy atom. The average molecular weight is 334 g/mol. The molecule has 3 aromatic rings. The molecule has 0 bridgehead atoms. The van der Waals surface area contributed by atoms with Gasteiger partial charge in [0.1, 0.15) is 28.2 Å². The van der Waals surface area contributed by atoms with Crippen LogP contribution in [-0.2, 0) is 4.79 Å². The molecule has 0 unspecified atom stereocenters. The number of hydrogen-bond donors (Lipinski definition) is 2. The number of aromatic hydroxyl groups is 1. The maximum absolute atomic E-state index is 10.6. The van der Waals surface area contributed by atoms with Crippen LogP contribution in [0.15, 0.2) is 30.3 Å². The van der Waals surface area contributed by atoms with Crippen molar-refractivity contribution in [3.63, 3.8) is 0 Å². The SMILES string of the molecule is Cc1cc(OCC(=O)O)cc(-n2nc3ccc(Cl)cc3n2)c1O. The van der Waals surface area contributed by atoms with Crippen LogP contribution in [-0.4, -0.2) is 37.8 Å². The van der Waals surface area contributed by atoms with E-state index in [0.29, 0.717) is 27.4 Å². The van der Waals surface area contributed by atoms with E-state index in [9.17, 15) is 9.90 Å². The number of phenolic OH excluding ortho intramolecular Hbond substituents is 1. The van der Waals surface area contributed by atoms with Crippen molar-refractivity contribution in [2.24, 2.45) is 0 Å². The van der Waals surface area contributed by atoms with Gasteiger partial charge in [-0.2, -0.15) is 0 Å². The van der Waals surface area contributed by atoms with Gasteiger partial charge in [-0.1, -0.05) is 11.6 Å². The predicted molar refractivity (Wildman–Crippen MR) is 83.4 cm³/mol. The van der Waals surface area contributed by atoms with Gasteiger partial charge >= 0.3 is 5.97 Å². The lowest BCUT2D eigenvalue weighted by Crippen LogP contribution is -2.10.